The van der Waals surface area contributed by atoms with Gasteiger partial charge in [-0.2, -0.15) is 0 Å². The number of carbonyl (C=O) groups excluding carboxylic acids is 4. The highest BCUT2D eigenvalue weighted by Gasteiger charge is 2.56. The summed E-state index contributed by atoms with van der Waals surface area (Å²) in [6.45, 7) is -0.154. The predicted molar refractivity (Wildman–Crippen MR) is 304 cm³/mol. The zero-order valence-electron chi connectivity index (χ0n) is 42.0. The van der Waals surface area contributed by atoms with Crippen LogP contribution in [0, 0.1) is 11.8 Å². The minimum absolute atomic E-state index is 0.0343. The van der Waals surface area contributed by atoms with Crippen LogP contribution >= 0.6 is 46.2 Å². The lowest BCUT2D eigenvalue weighted by Crippen LogP contribution is -2.66. The largest absolute Gasteiger partial charge is 0.488 e. The average Bonchev–Trinajstić information content (AvgIpc) is 4.20. The number of ketones is 2. The number of hydrogen-bond donors (Lipinski definition) is 4. The standard InChI is InChI=1S/2C29H23N3O6S2/c2*33-17(12-18-6-5-11-39-18)13-21-27(35)32-24(29(36)37)16(15-40-28(21)32)14-38-23-10-4-2-8-20(23)25-30-22-9-3-1-7-19(22)26(34)31-25/h1-11,21,28H,12-15H2,(H,36,37)(H,30,31,34);1-11,15,21,24,28H,12-14H2,(H,36,37)(H,30,31,34). The van der Waals surface area contributed by atoms with Crippen molar-refractivity contribution in [2.75, 3.05) is 19.0 Å². The lowest BCUT2D eigenvalue weighted by molar-refractivity contribution is -0.163. The Morgan fingerprint density at radius 2 is 1.12 bits per heavy atom. The number of thiophene rings is 2. The summed E-state index contributed by atoms with van der Waals surface area (Å²) in [5.74, 6) is -2.40. The molecule has 5 atom stereocenters. The summed E-state index contributed by atoms with van der Waals surface area (Å²) in [7, 11) is 0. The van der Waals surface area contributed by atoms with Gasteiger partial charge in [-0.3, -0.25) is 33.7 Å². The van der Waals surface area contributed by atoms with Gasteiger partial charge in [0.25, 0.3) is 11.1 Å². The molecule has 18 nitrogen and oxygen atoms in total. The number of carbonyl (C=O) groups is 6. The first-order valence-electron chi connectivity index (χ1n) is 25.1. The maximum atomic E-state index is 13.0. The minimum atomic E-state index is -1.21. The summed E-state index contributed by atoms with van der Waals surface area (Å²) in [5, 5.41) is 25.7. The SMILES string of the molecule is O=C(Cc1cccs1)CC1C(=O)N2C(C(=O)O)=C(COc3ccccc3-c3nc4ccccc4c(=O)[nH]3)CSC12.O=C(Cc1cccs1)CC1C(=O)N2C(C(=O)O)C(COc3ccccc3-c3nc4ccccc4c(=O)[nH]3)=CSC12. The van der Waals surface area contributed by atoms with E-state index in [4.69, 9.17) is 9.47 Å². The first kappa shape index (κ1) is 53.6. The molecule has 0 bridgehead atoms. The number of aromatic nitrogens is 4. The molecular formula is C58H46N6O12S4. The number of fused-ring (bicyclic) bond motifs is 4. The van der Waals surface area contributed by atoms with Gasteiger partial charge >= 0.3 is 11.9 Å². The molecule has 8 aromatic rings. The number of para-hydroxylation sites is 4. The summed E-state index contributed by atoms with van der Waals surface area (Å²) >= 11 is 5.76. The molecule has 4 aliphatic heterocycles. The number of rotatable bonds is 18. The molecule has 0 radical (unpaired) electrons. The number of nitrogens with one attached hydrogen (secondary N) is 2. The molecule has 4 aromatic heterocycles. The molecule has 4 N–H and O–H groups in total. The molecule has 404 valence electrons. The fourth-order valence-electron chi connectivity index (χ4n) is 10.1. The van der Waals surface area contributed by atoms with E-state index in [1.165, 1.54) is 56.0 Å². The molecule has 0 spiro atoms. The zero-order valence-corrected chi connectivity index (χ0v) is 45.3. The second-order valence-corrected chi connectivity index (χ2v) is 23.2. The van der Waals surface area contributed by atoms with E-state index in [-0.39, 0.29) is 79.1 Å². The number of aromatic amines is 2. The van der Waals surface area contributed by atoms with Gasteiger partial charge in [0.2, 0.25) is 11.8 Å². The Morgan fingerprint density at radius 1 is 0.613 bits per heavy atom. The third kappa shape index (κ3) is 10.9. The number of carboxylic acids is 2. The molecule has 5 unspecified atom stereocenters. The summed E-state index contributed by atoms with van der Waals surface area (Å²) in [5.41, 5.74) is 2.41. The summed E-state index contributed by atoms with van der Waals surface area (Å²) in [6.07, 6.45) is 0.721. The number of amides is 2. The van der Waals surface area contributed by atoms with E-state index in [1.807, 2.05) is 35.0 Å². The molecule has 8 heterocycles. The quantitative estimate of drug-likeness (QED) is 0.0590. The monoisotopic (exact) mass is 1150 g/mol. The Labute approximate surface area is 471 Å². The van der Waals surface area contributed by atoms with Crippen LogP contribution < -0.4 is 20.6 Å². The number of benzene rings is 4. The van der Waals surface area contributed by atoms with E-state index < -0.39 is 40.6 Å². The van der Waals surface area contributed by atoms with Crippen LogP contribution in [0.4, 0.5) is 0 Å². The van der Waals surface area contributed by atoms with Crippen LogP contribution in [0.3, 0.4) is 0 Å². The molecule has 22 heteroatoms. The minimum Gasteiger partial charge on any atom is -0.488 e. The molecule has 0 aliphatic carbocycles. The Hall–Kier alpha value is -8.44. The van der Waals surface area contributed by atoms with Gasteiger partial charge in [-0.25, -0.2) is 19.6 Å². The summed E-state index contributed by atoms with van der Waals surface area (Å²) in [4.78, 5) is 120. The summed E-state index contributed by atoms with van der Waals surface area (Å²) in [6, 6.07) is 34.4. The van der Waals surface area contributed by atoms with Gasteiger partial charge in [0.05, 0.1) is 55.5 Å². The van der Waals surface area contributed by atoms with Crippen molar-refractivity contribution in [3.63, 3.8) is 0 Å². The average molecular weight is 1150 g/mol. The molecule has 2 saturated heterocycles. The lowest BCUT2D eigenvalue weighted by Gasteiger charge is -2.51. The number of aliphatic carboxylic acids is 2. The summed E-state index contributed by atoms with van der Waals surface area (Å²) < 4.78 is 12.1. The van der Waals surface area contributed by atoms with Crippen molar-refractivity contribution in [3.05, 3.63) is 185 Å². The van der Waals surface area contributed by atoms with Crippen molar-refractivity contribution < 1.29 is 48.5 Å². The smallest absolute Gasteiger partial charge is 0.352 e. The Balaban J connectivity index is 0.000000169. The fourth-order valence-corrected chi connectivity index (χ4v) is 14.2. The maximum absolute atomic E-state index is 13.0. The lowest BCUT2D eigenvalue weighted by atomic mass is 9.88. The van der Waals surface area contributed by atoms with Crippen molar-refractivity contribution in [3.8, 4) is 34.3 Å². The van der Waals surface area contributed by atoms with Crippen molar-refractivity contribution in [1.82, 2.24) is 29.7 Å². The first-order chi connectivity index (χ1) is 38.8. The molecule has 4 aromatic carbocycles. The highest BCUT2D eigenvalue weighted by atomic mass is 32.2. The van der Waals surface area contributed by atoms with Gasteiger partial charge in [-0.15, -0.1) is 46.2 Å². The van der Waals surface area contributed by atoms with Gasteiger partial charge < -0.3 is 34.6 Å². The maximum Gasteiger partial charge on any atom is 0.352 e. The zero-order chi connectivity index (χ0) is 55.6. The van der Waals surface area contributed by atoms with Gasteiger partial charge in [0, 0.05) is 52.3 Å². The highest BCUT2D eigenvalue weighted by molar-refractivity contribution is 8.02. The molecule has 0 saturated carbocycles. The van der Waals surface area contributed by atoms with Crippen molar-refractivity contribution in [2.45, 2.75) is 42.5 Å². The van der Waals surface area contributed by atoms with Gasteiger partial charge in [-0.05, 0) is 76.8 Å². The molecule has 80 heavy (non-hydrogen) atoms. The number of β-lactam (4-membered cyclic amide) rings is 2. The Bertz CT molecular complexity index is 3900. The van der Waals surface area contributed by atoms with E-state index in [0.717, 1.165) is 9.75 Å². The number of H-pyrrole nitrogens is 2. The van der Waals surface area contributed by atoms with Crippen LogP contribution in [-0.4, -0.2) is 111 Å². The number of nitrogens with zero attached hydrogens (tertiary/aromatic N) is 4. The van der Waals surface area contributed by atoms with Crippen LogP contribution in [0.15, 0.2) is 164 Å². The number of Topliss-reactive ketones (excluding diaryl/α,β-unsaturated/α-hetero) is 2. The van der Waals surface area contributed by atoms with E-state index in [1.54, 1.807) is 102 Å². The third-order valence-corrected chi connectivity index (χ3v) is 18.3. The second kappa shape index (κ2) is 23.1. The molecule has 12 rings (SSSR count). The number of carboxylic acid groups (broad SMARTS) is 2. The van der Waals surface area contributed by atoms with Crippen molar-refractivity contribution in [1.29, 1.82) is 0 Å². The Kier molecular flexibility index (Phi) is 15.5. The number of ether oxygens (including phenoxy) is 2. The number of hydrogen-bond acceptors (Lipinski definition) is 16. The van der Waals surface area contributed by atoms with Gasteiger partial charge in [0.1, 0.15) is 53.6 Å². The normalized spacial score (nSPS) is 19.2. The third-order valence-electron chi connectivity index (χ3n) is 13.9. The fraction of sp³-hybridized carbons (Fsp3) is 0.207. The second-order valence-electron chi connectivity index (χ2n) is 19.0. The molecule has 4 aliphatic rings. The Morgan fingerprint density at radius 3 is 1.65 bits per heavy atom. The van der Waals surface area contributed by atoms with Crippen LogP contribution in [0.1, 0.15) is 22.6 Å². The van der Waals surface area contributed by atoms with E-state index in [0.29, 0.717) is 73.0 Å². The van der Waals surface area contributed by atoms with Crippen LogP contribution in [0.5, 0.6) is 11.5 Å². The van der Waals surface area contributed by atoms with E-state index in [2.05, 4.69) is 19.9 Å². The highest BCUT2D eigenvalue weighted by Crippen LogP contribution is 2.47. The van der Waals surface area contributed by atoms with Crippen molar-refractivity contribution >= 4 is 103 Å². The van der Waals surface area contributed by atoms with Crippen LogP contribution in [0.2, 0.25) is 0 Å². The van der Waals surface area contributed by atoms with E-state index >= 15 is 0 Å². The topological polar surface area (TPSA) is 259 Å². The molecular weight excluding hydrogens is 1100 g/mol. The molecule has 2 fully saturated rings. The number of thioether (sulfide) groups is 2. The van der Waals surface area contributed by atoms with Gasteiger partial charge in [0.15, 0.2) is 6.04 Å². The predicted octanol–water partition coefficient (Wildman–Crippen LogP) is 8.20. The molecule has 2 amide bonds. The van der Waals surface area contributed by atoms with Crippen molar-refractivity contribution in [2.24, 2.45) is 11.8 Å². The van der Waals surface area contributed by atoms with E-state index in [9.17, 15) is 48.6 Å². The van der Waals surface area contributed by atoms with Crippen LogP contribution in [-0.2, 0) is 41.6 Å². The van der Waals surface area contributed by atoms with Crippen LogP contribution in [0.25, 0.3) is 44.6 Å². The first-order valence-corrected chi connectivity index (χ1v) is 28.9. The van der Waals surface area contributed by atoms with Gasteiger partial charge in [-0.1, -0.05) is 60.7 Å².